The van der Waals surface area contributed by atoms with Crippen LogP contribution in [0.15, 0.2) is 49.2 Å². The smallest absolute Gasteiger partial charge is 0.0921 e. The molecule has 0 saturated carbocycles. The van der Waals surface area contributed by atoms with Crippen LogP contribution in [0.25, 0.3) is 0 Å². The Bertz CT molecular complexity index is 705. The van der Waals surface area contributed by atoms with Gasteiger partial charge < -0.3 is 4.98 Å². The molecule has 0 aliphatic heterocycles. The van der Waals surface area contributed by atoms with Crippen LogP contribution in [0, 0.1) is 13.8 Å². The van der Waals surface area contributed by atoms with Gasteiger partial charge in [0.15, 0.2) is 0 Å². The van der Waals surface area contributed by atoms with Crippen LogP contribution in [0.3, 0.4) is 0 Å². The summed E-state index contributed by atoms with van der Waals surface area (Å²) in [7, 11) is 0. The number of nitrogens with one attached hydrogen (secondary N) is 1. The van der Waals surface area contributed by atoms with E-state index in [4.69, 9.17) is 0 Å². The molecule has 1 atom stereocenters. The van der Waals surface area contributed by atoms with E-state index in [1.807, 2.05) is 18.5 Å². The second-order valence-corrected chi connectivity index (χ2v) is 5.30. The molecule has 0 aliphatic carbocycles. The van der Waals surface area contributed by atoms with Crippen LogP contribution in [0.1, 0.15) is 33.9 Å². The van der Waals surface area contributed by atoms with Crippen molar-refractivity contribution in [3.05, 3.63) is 77.1 Å². The molecule has 3 aromatic rings. The van der Waals surface area contributed by atoms with Crippen molar-refractivity contribution in [3.8, 4) is 0 Å². The third kappa shape index (κ3) is 2.84. The molecule has 0 fully saturated rings. The molecule has 0 amide bonds. The van der Waals surface area contributed by atoms with Crippen LogP contribution in [0.2, 0.25) is 0 Å². The maximum atomic E-state index is 4.18. The Kier molecular flexibility index (Phi) is 3.77. The lowest BCUT2D eigenvalue weighted by molar-refractivity contribution is 0.765. The van der Waals surface area contributed by atoms with Crippen LogP contribution in [0.5, 0.6) is 0 Å². The molecule has 0 aliphatic rings. The van der Waals surface area contributed by atoms with Crippen LogP contribution >= 0.6 is 0 Å². The fraction of sp³-hybridized carbons (Fsp3) is 0.235. The van der Waals surface area contributed by atoms with E-state index in [0.717, 1.165) is 12.1 Å². The predicted molar refractivity (Wildman–Crippen MR) is 82.1 cm³/mol. The van der Waals surface area contributed by atoms with Gasteiger partial charge in [-0.15, -0.1) is 0 Å². The Morgan fingerprint density at radius 2 is 2.00 bits per heavy atom. The summed E-state index contributed by atoms with van der Waals surface area (Å²) < 4.78 is 0. The monoisotopic (exact) mass is 278 g/mol. The van der Waals surface area contributed by atoms with E-state index in [1.54, 1.807) is 12.5 Å². The summed E-state index contributed by atoms with van der Waals surface area (Å²) in [5.74, 6) is 0.247. The van der Waals surface area contributed by atoms with Crippen LogP contribution in [0.4, 0.5) is 0 Å². The highest BCUT2D eigenvalue weighted by atomic mass is 15.1. The maximum absolute atomic E-state index is 4.18. The molecule has 2 aromatic heterocycles. The Morgan fingerprint density at radius 3 is 2.71 bits per heavy atom. The molecule has 4 heteroatoms. The number of rotatable bonds is 4. The molecule has 21 heavy (non-hydrogen) atoms. The summed E-state index contributed by atoms with van der Waals surface area (Å²) in [6, 6.07) is 8.48. The highest BCUT2D eigenvalue weighted by Gasteiger charge is 2.19. The molecule has 0 bridgehead atoms. The quantitative estimate of drug-likeness (QED) is 0.797. The van der Waals surface area contributed by atoms with Gasteiger partial charge in [0.25, 0.3) is 0 Å². The number of imidazole rings is 1. The average Bonchev–Trinajstić information content (AvgIpc) is 3.03. The Balaban J connectivity index is 2.03. The topological polar surface area (TPSA) is 54.5 Å². The minimum absolute atomic E-state index is 0.247. The standard InChI is InChI=1S/C17H18N4/c1-12-4-3-5-15(13(12)2)16(17-10-18-11-19-17)8-14-6-7-20-21-9-14/h3-7,9-11,16H,8H2,1-2H3,(H,18,19). The Hall–Kier alpha value is -2.49. The van der Waals surface area contributed by atoms with E-state index in [9.17, 15) is 0 Å². The molecule has 106 valence electrons. The summed E-state index contributed by atoms with van der Waals surface area (Å²) in [6.07, 6.45) is 8.08. The third-order valence-electron chi connectivity index (χ3n) is 4.00. The number of hydrogen-bond acceptors (Lipinski definition) is 3. The molecule has 1 N–H and O–H groups in total. The van der Waals surface area contributed by atoms with Crippen molar-refractivity contribution in [1.82, 2.24) is 20.2 Å². The molecule has 4 nitrogen and oxygen atoms in total. The van der Waals surface area contributed by atoms with Gasteiger partial charge in [-0.3, -0.25) is 0 Å². The summed E-state index contributed by atoms with van der Waals surface area (Å²) >= 11 is 0. The molecular weight excluding hydrogens is 260 g/mol. The minimum atomic E-state index is 0.247. The van der Waals surface area contributed by atoms with Gasteiger partial charge in [-0.25, -0.2) is 4.98 Å². The highest BCUT2D eigenvalue weighted by molar-refractivity contribution is 5.40. The van der Waals surface area contributed by atoms with Crippen molar-refractivity contribution >= 4 is 0 Å². The van der Waals surface area contributed by atoms with Gasteiger partial charge >= 0.3 is 0 Å². The highest BCUT2D eigenvalue weighted by Crippen LogP contribution is 2.30. The average molecular weight is 278 g/mol. The molecule has 1 unspecified atom stereocenters. The van der Waals surface area contributed by atoms with Crippen molar-refractivity contribution in [2.75, 3.05) is 0 Å². The number of aromatic nitrogens is 4. The summed E-state index contributed by atoms with van der Waals surface area (Å²) in [4.78, 5) is 7.43. The fourth-order valence-corrected chi connectivity index (χ4v) is 2.67. The zero-order valence-corrected chi connectivity index (χ0v) is 12.2. The first kappa shape index (κ1) is 13.5. The SMILES string of the molecule is Cc1cccc(C(Cc2ccnnc2)c2cnc[nH]2)c1C. The van der Waals surface area contributed by atoms with Gasteiger partial charge in [0.2, 0.25) is 0 Å². The lowest BCUT2D eigenvalue weighted by Gasteiger charge is -2.19. The number of aromatic amines is 1. The molecule has 0 radical (unpaired) electrons. The van der Waals surface area contributed by atoms with E-state index in [0.29, 0.717) is 0 Å². The lowest BCUT2D eigenvalue weighted by Crippen LogP contribution is -2.08. The fourth-order valence-electron chi connectivity index (χ4n) is 2.67. The third-order valence-corrected chi connectivity index (χ3v) is 4.00. The number of nitrogens with zero attached hydrogens (tertiary/aromatic N) is 3. The largest absolute Gasteiger partial charge is 0.348 e. The van der Waals surface area contributed by atoms with E-state index in [1.165, 1.54) is 22.3 Å². The molecular formula is C17H18N4. The lowest BCUT2D eigenvalue weighted by atomic mass is 9.86. The van der Waals surface area contributed by atoms with Gasteiger partial charge in [0.05, 0.1) is 12.5 Å². The zero-order valence-electron chi connectivity index (χ0n) is 12.2. The van der Waals surface area contributed by atoms with Gasteiger partial charge in [-0.2, -0.15) is 10.2 Å². The van der Waals surface area contributed by atoms with Crippen molar-refractivity contribution < 1.29 is 0 Å². The number of H-pyrrole nitrogens is 1. The second kappa shape index (κ2) is 5.87. The van der Waals surface area contributed by atoms with E-state index < -0.39 is 0 Å². The number of benzene rings is 1. The van der Waals surface area contributed by atoms with Crippen molar-refractivity contribution in [3.63, 3.8) is 0 Å². The van der Waals surface area contributed by atoms with Gasteiger partial charge in [0.1, 0.15) is 0 Å². The van der Waals surface area contributed by atoms with Crippen LogP contribution in [-0.2, 0) is 6.42 Å². The normalized spacial score (nSPS) is 12.3. The second-order valence-electron chi connectivity index (χ2n) is 5.30. The van der Waals surface area contributed by atoms with Crippen LogP contribution in [-0.4, -0.2) is 20.2 Å². The minimum Gasteiger partial charge on any atom is -0.348 e. The first-order chi connectivity index (χ1) is 10.3. The summed E-state index contributed by atoms with van der Waals surface area (Å²) in [5, 5.41) is 7.83. The zero-order chi connectivity index (χ0) is 14.7. The van der Waals surface area contributed by atoms with Crippen molar-refractivity contribution in [2.45, 2.75) is 26.2 Å². The number of aryl methyl sites for hydroxylation is 1. The van der Waals surface area contributed by atoms with Gasteiger partial charge in [0, 0.05) is 24.0 Å². The van der Waals surface area contributed by atoms with Gasteiger partial charge in [-0.1, -0.05) is 18.2 Å². The molecule has 1 aromatic carbocycles. The molecule has 2 heterocycles. The first-order valence-corrected chi connectivity index (χ1v) is 7.05. The summed E-state index contributed by atoms with van der Waals surface area (Å²) in [6.45, 7) is 4.33. The van der Waals surface area contributed by atoms with E-state index in [2.05, 4.69) is 52.2 Å². The Morgan fingerprint density at radius 1 is 1.10 bits per heavy atom. The Labute approximate surface area is 124 Å². The molecule has 0 spiro atoms. The number of hydrogen-bond donors (Lipinski definition) is 1. The summed E-state index contributed by atoms with van der Waals surface area (Å²) in [5.41, 5.74) is 6.27. The maximum Gasteiger partial charge on any atom is 0.0921 e. The van der Waals surface area contributed by atoms with Crippen molar-refractivity contribution in [2.24, 2.45) is 0 Å². The van der Waals surface area contributed by atoms with Crippen molar-refractivity contribution in [1.29, 1.82) is 0 Å². The predicted octanol–water partition coefficient (Wildman–Crippen LogP) is 3.19. The van der Waals surface area contributed by atoms with Crippen LogP contribution < -0.4 is 0 Å². The van der Waals surface area contributed by atoms with E-state index in [-0.39, 0.29) is 5.92 Å². The van der Waals surface area contributed by atoms with E-state index >= 15 is 0 Å². The first-order valence-electron chi connectivity index (χ1n) is 7.05. The molecule has 3 rings (SSSR count). The van der Waals surface area contributed by atoms with Gasteiger partial charge in [-0.05, 0) is 48.6 Å². The molecule has 0 saturated heterocycles.